The molecule has 2 heterocycles. The van der Waals surface area contributed by atoms with Crippen LogP contribution >= 0.6 is 0 Å². The van der Waals surface area contributed by atoms with Crippen molar-refractivity contribution in [1.82, 2.24) is 4.90 Å². The molecular weight excluding hydrogens is 368 g/mol. The highest BCUT2D eigenvalue weighted by atomic mass is 16.5. The van der Waals surface area contributed by atoms with Crippen LogP contribution in [0.5, 0.6) is 11.5 Å². The van der Waals surface area contributed by atoms with Crippen molar-refractivity contribution in [3.8, 4) is 11.5 Å². The minimum absolute atomic E-state index is 0.0632. The van der Waals surface area contributed by atoms with Gasteiger partial charge >= 0.3 is 0 Å². The summed E-state index contributed by atoms with van der Waals surface area (Å²) in [5.41, 5.74) is 2.31. The number of furan rings is 1. The Morgan fingerprint density at radius 3 is 2.79 bits per heavy atom. The molecule has 0 fully saturated rings. The van der Waals surface area contributed by atoms with Gasteiger partial charge < -0.3 is 24.1 Å². The molecule has 0 saturated carbocycles. The Balaban J connectivity index is 1.73. The number of methoxy groups -OCH3 is 1. The van der Waals surface area contributed by atoms with Gasteiger partial charge in [0.25, 0.3) is 5.91 Å². The molecule has 0 unspecified atom stereocenters. The van der Waals surface area contributed by atoms with Crippen molar-refractivity contribution in [3.05, 3.63) is 90.4 Å². The topological polar surface area (TPSA) is 63.9 Å². The van der Waals surface area contributed by atoms with Crippen LogP contribution in [0.15, 0.2) is 77.9 Å². The minimum atomic E-state index is -0.384. The second-order valence-corrected chi connectivity index (χ2v) is 6.61. The fraction of sp³-hybridized carbons (Fsp3) is 0.174. The van der Waals surface area contributed by atoms with Gasteiger partial charge in [0.2, 0.25) is 0 Å². The van der Waals surface area contributed by atoms with Gasteiger partial charge in [0.15, 0.2) is 11.5 Å². The largest absolute Gasteiger partial charge is 0.493 e. The van der Waals surface area contributed by atoms with Crippen LogP contribution in [-0.2, 0) is 6.54 Å². The van der Waals surface area contributed by atoms with Gasteiger partial charge in [-0.3, -0.25) is 4.79 Å². The molecule has 1 aliphatic rings. The predicted molar refractivity (Wildman–Crippen MR) is 110 cm³/mol. The summed E-state index contributed by atoms with van der Waals surface area (Å²) < 4.78 is 16.6. The maximum atomic E-state index is 13.3. The fourth-order valence-corrected chi connectivity index (χ4v) is 3.41. The van der Waals surface area contributed by atoms with E-state index in [0.717, 1.165) is 11.3 Å². The molecule has 6 nitrogen and oxygen atoms in total. The molecule has 0 aliphatic carbocycles. The number of amides is 1. The van der Waals surface area contributed by atoms with Crippen LogP contribution in [0.2, 0.25) is 0 Å². The third kappa shape index (κ3) is 3.69. The maximum absolute atomic E-state index is 13.3. The molecule has 1 atom stereocenters. The Labute approximate surface area is 169 Å². The van der Waals surface area contributed by atoms with Crippen LogP contribution in [0.4, 0.5) is 5.69 Å². The molecule has 4 rings (SSSR count). The summed E-state index contributed by atoms with van der Waals surface area (Å²) in [6, 6.07) is 16.8. The van der Waals surface area contributed by atoms with Crippen molar-refractivity contribution in [2.45, 2.75) is 12.7 Å². The number of nitrogens with one attached hydrogen (secondary N) is 1. The molecule has 1 aliphatic heterocycles. The normalized spacial score (nSPS) is 15.4. The second kappa shape index (κ2) is 8.14. The second-order valence-electron chi connectivity index (χ2n) is 6.61. The van der Waals surface area contributed by atoms with Crippen LogP contribution in [0.3, 0.4) is 0 Å². The summed E-state index contributed by atoms with van der Waals surface area (Å²) in [5, 5.41) is 3.47. The van der Waals surface area contributed by atoms with E-state index in [1.807, 2.05) is 54.6 Å². The van der Waals surface area contributed by atoms with E-state index in [4.69, 9.17) is 13.9 Å². The third-order valence-electron chi connectivity index (χ3n) is 4.79. The van der Waals surface area contributed by atoms with E-state index in [9.17, 15) is 4.79 Å². The van der Waals surface area contributed by atoms with Gasteiger partial charge in [-0.1, -0.05) is 30.9 Å². The summed E-state index contributed by atoms with van der Waals surface area (Å²) in [5.74, 6) is 1.86. The number of rotatable bonds is 7. The van der Waals surface area contributed by atoms with E-state index in [1.54, 1.807) is 24.3 Å². The average molecular weight is 390 g/mol. The number of benzene rings is 2. The summed E-state index contributed by atoms with van der Waals surface area (Å²) in [6.07, 6.45) is 2.90. The Bertz CT molecular complexity index is 1010. The first-order valence-electron chi connectivity index (χ1n) is 9.32. The molecule has 6 heteroatoms. The molecule has 1 aromatic heterocycles. The van der Waals surface area contributed by atoms with Crippen molar-refractivity contribution in [2.24, 2.45) is 0 Å². The maximum Gasteiger partial charge on any atom is 0.258 e. The van der Waals surface area contributed by atoms with Crippen LogP contribution in [0.25, 0.3) is 0 Å². The zero-order chi connectivity index (χ0) is 20.2. The lowest BCUT2D eigenvalue weighted by Crippen LogP contribution is -2.42. The first-order valence-corrected chi connectivity index (χ1v) is 9.32. The molecule has 29 heavy (non-hydrogen) atoms. The van der Waals surface area contributed by atoms with E-state index in [1.165, 1.54) is 0 Å². The molecule has 148 valence electrons. The number of anilines is 1. The number of carbonyl (C=O) groups is 1. The molecule has 1 amide bonds. The first kappa shape index (κ1) is 18.7. The van der Waals surface area contributed by atoms with Gasteiger partial charge in [-0.2, -0.15) is 0 Å². The summed E-state index contributed by atoms with van der Waals surface area (Å²) in [7, 11) is 1.59. The Hall–Kier alpha value is -3.67. The van der Waals surface area contributed by atoms with Gasteiger partial charge in [-0.15, -0.1) is 0 Å². The number of hydrogen-bond donors (Lipinski definition) is 1. The predicted octanol–water partition coefficient (Wildman–Crippen LogP) is 4.62. The lowest BCUT2D eigenvalue weighted by molar-refractivity contribution is 0.0651. The van der Waals surface area contributed by atoms with E-state index in [-0.39, 0.29) is 12.1 Å². The van der Waals surface area contributed by atoms with Crippen LogP contribution in [0, 0.1) is 0 Å². The quantitative estimate of drug-likeness (QED) is 0.597. The van der Waals surface area contributed by atoms with Gasteiger partial charge in [0.05, 0.1) is 25.5 Å². The average Bonchev–Trinajstić information content (AvgIpc) is 3.27. The Kier molecular flexibility index (Phi) is 5.24. The van der Waals surface area contributed by atoms with E-state index >= 15 is 0 Å². The minimum Gasteiger partial charge on any atom is -0.493 e. The Morgan fingerprint density at radius 2 is 2.03 bits per heavy atom. The van der Waals surface area contributed by atoms with Crippen molar-refractivity contribution in [2.75, 3.05) is 19.0 Å². The monoisotopic (exact) mass is 390 g/mol. The summed E-state index contributed by atoms with van der Waals surface area (Å²) >= 11 is 0. The highest BCUT2D eigenvalue weighted by molar-refractivity contribution is 6.01. The molecule has 0 spiro atoms. The van der Waals surface area contributed by atoms with Crippen molar-refractivity contribution in [1.29, 1.82) is 0 Å². The van der Waals surface area contributed by atoms with Crippen LogP contribution in [0.1, 0.15) is 27.8 Å². The molecule has 0 bridgehead atoms. The third-order valence-corrected chi connectivity index (χ3v) is 4.79. The van der Waals surface area contributed by atoms with Gasteiger partial charge in [-0.05, 0) is 42.0 Å². The van der Waals surface area contributed by atoms with E-state index in [0.29, 0.717) is 36.0 Å². The fourth-order valence-electron chi connectivity index (χ4n) is 3.41. The van der Waals surface area contributed by atoms with Gasteiger partial charge in [0, 0.05) is 5.69 Å². The highest BCUT2D eigenvalue weighted by Crippen LogP contribution is 2.37. The molecule has 2 aromatic carbocycles. The number of hydrogen-bond acceptors (Lipinski definition) is 5. The van der Waals surface area contributed by atoms with Gasteiger partial charge in [0.1, 0.15) is 18.5 Å². The zero-order valence-electron chi connectivity index (χ0n) is 16.1. The SMILES string of the molecule is C=CCOc1ccc([C@H]2Nc3ccccc3C(=O)N2Cc2ccco2)cc1OC. The molecule has 3 aromatic rings. The lowest BCUT2D eigenvalue weighted by Gasteiger charge is -2.37. The molecule has 1 N–H and O–H groups in total. The van der Waals surface area contributed by atoms with E-state index < -0.39 is 0 Å². The first-order chi connectivity index (χ1) is 14.2. The molecular formula is C23H22N2O4. The van der Waals surface area contributed by atoms with E-state index in [2.05, 4.69) is 11.9 Å². The van der Waals surface area contributed by atoms with Crippen molar-refractivity contribution in [3.63, 3.8) is 0 Å². The smallest absolute Gasteiger partial charge is 0.258 e. The summed E-state index contributed by atoms with van der Waals surface area (Å²) in [6.45, 7) is 4.39. The zero-order valence-corrected chi connectivity index (χ0v) is 16.1. The number of para-hydroxylation sites is 1. The van der Waals surface area contributed by atoms with Crippen LogP contribution in [-0.4, -0.2) is 24.5 Å². The summed E-state index contributed by atoms with van der Waals surface area (Å²) in [4.78, 5) is 15.0. The van der Waals surface area contributed by atoms with Crippen molar-refractivity contribution < 1.29 is 18.7 Å². The van der Waals surface area contributed by atoms with Crippen LogP contribution < -0.4 is 14.8 Å². The lowest BCUT2D eigenvalue weighted by atomic mass is 10.0. The number of ether oxygens (including phenoxy) is 2. The Morgan fingerprint density at radius 1 is 1.17 bits per heavy atom. The molecule has 0 radical (unpaired) electrons. The highest BCUT2D eigenvalue weighted by Gasteiger charge is 2.33. The number of fused-ring (bicyclic) bond motifs is 1. The van der Waals surface area contributed by atoms with Crippen molar-refractivity contribution >= 4 is 11.6 Å². The standard InChI is InChI=1S/C23H22N2O4/c1-3-12-29-20-11-10-16(14-21(20)27-2)22-24-19-9-5-4-8-18(19)23(26)25(22)15-17-7-6-13-28-17/h3-11,13-14,22,24H,1,12,15H2,2H3/t22-/m0/s1. The molecule has 0 saturated heterocycles. The number of carbonyl (C=O) groups excluding carboxylic acids is 1. The number of nitrogens with zero attached hydrogens (tertiary/aromatic N) is 1. The van der Waals surface area contributed by atoms with Gasteiger partial charge in [-0.25, -0.2) is 0 Å².